The van der Waals surface area contributed by atoms with Crippen molar-refractivity contribution < 1.29 is 9.90 Å². The standard InChI is InChI=1S/C16H11N5O2/c1-21-8-11-4-10(6-18-15(11)20-21)14-7-17-12-3-2-9(16(22)23)5-13(12)19-14/h2-8H,1H3,(H,22,23). The van der Waals surface area contributed by atoms with Gasteiger partial charge in [0.1, 0.15) is 0 Å². The Morgan fingerprint density at radius 3 is 2.83 bits per heavy atom. The van der Waals surface area contributed by atoms with Crippen LogP contribution in [0.1, 0.15) is 10.4 Å². The van der Waals surface area contributed by atoms with Crippen molar-refractivity contribution in [1.29, 1.82) is 0 Å². The van der Waals surface area contributed by atoms with E-state index >= 15 is 0 Å². The molecule has 3 aromatic heterocycles. The number of rotatable bonds is 2. The Labute approximate surface area is 130 Å². The molecule has 112 valence electrons. The van der Waals surface area contributed by atoms with Gasteiger partial charge in [-0.25, -0.2) is 14.8 Å². The molecular weight excluding hydrogens is 294 g/mol. The number of aromatic nitrogens is 5. The fourth-order valence-electron chi connectivity index (χ4n) is 2.46. The quantitative estimate of drug-likeness (QED) is 0.610. The highest BCUT2D eigenvalue weighted by Gasteiger charge is 2.09. The van der Waals surface area contributed by atoms with E-state index in [1.54, 1.807) is 23.1 Å². The van der Waals surface area contributed by atoms with Gasteiger partial charge >= 0.3 is 5.97 Å². The molecule has 0 aliphatic rings. The predicted molar refractivity (Wildman–Crippen MR) is 84.0 cm³/mol. The summed E-state index contributed by atoms with van der Waals surface area (Å²) in [5.74, 6) is -0.988. The number of carbonyl (C=O) groups is 1. The van der Waals surface area contributed by atoms with Gasteiger partial charge in [0.05, 0.1) is 28.5 Å². The number of pyridine rings is 1. The minimum absolute atomic E-state index is 0.185. The van der Waals surface area contributed by atoms with Gasteiger partial charge in [0.2, 0.25) is 0 Å². The molecular formula is C16H11N5O2. The van der Waals surface area contributed by atoms with Crippen molar-refractivity contribution >= 4 is 28.0 Å². The summed E-state index contributed by atoms with van der Waals surface area (Å²) < 4.78 is 1.70. The van der Waals surface area contributed by atoms with Crippen LogP contribution in [0.4, 0.5) is 0 Å². The minimum Gasteiger partial charge on any atom is -0.478 e. The molecule has 0 saturated carbocycles. The molecule has 0 amide bonds. The normalized spacial score (nSPS) is 11.2. The number of aromatic carboxylic acids is 1. The number of hydrogen-bond donors (Lipinski definition) is 1. The van der Waals surface area contributed by atoms with Crippen LogP contribution >= 0.6 is 0 Å². The zero-order valence-electron chi connectivity index (χ0n) is 12.1. The molecule has 0 aliphatic carbocycles. The fourth-order valence-corrected chi connectivity index (χ4v) is 2.46. The van der Waals surface area contributed by atoms with Crippen LogP contribution in [-0.4, -0.2) is 35.8 Å². The van der Waals surface area contributed by atoms with Gasteiger partial charge in [-0.1, -0.05) is 0 Å². The van der Waals surface area contributed by atoms with Gasteiger partial charge in [0.15, 0.2) is 5.65 Å². The second kappa shape index (κ2) is 4.84. The lowest BCUT2D eigenvalue weighted by atomic mass is 10.1. The Kier molecular flexibility index (Phi) is 2.80. The SMILES string of the molecule is Cn1cc2cc(-c3cnc4ccc(C(=O)O)cc4n3)cnc2n1. The second-order valence-corrected chi connectivity index (χ2v) is 5.20. The summed E-state index contributed by atoms with van der Waals surface area (Å²) in [6.07, 6.45) is 5.22. The third-order valence-corrected chi connectivity index (χ3v) is 3.56. The maximum absolute atomic E-state index is 11.1. The maximum Gasteiger partial charge on any atom is 0.335 e. The average molecular weight is 305 g/mol. The molecule has 0 spiro atoms. The van der Waals surface area contributed by atoms with Crippen molar-refractivity contribution in [3.05, 3.63) is 48.4 Å². The Morgan fingerprint density at radius 2 is 2.00 bits per heavy atom. The zero-order chi connectivity index (χ0) is 16.0. The molecule has 0 unspecified atom stereocenters. The highest BCUT2D eigenvalue weighted by molar-refractivity contribution is 5.92. The van der Waals surface area contributed by atoms with Gasteiger partial charge in [0, 0.05) is 30.4 Å². The van der Waals surface area contributed by atoms with Crippen molar-refractivity contribution in [2.75, 3.05) is 0 Å². The monoisotopic (exact) mass is 305 g/mol. The molecule has 0 atom stereocenters. The van der Waals surface area contributed by atoms with Crippen molar-refractivity contribution in [3.8, 4) is 11.3 Å². The van der Waals surface area contributed by atoms with E-state index in [-0.39, 0.29) is 5.56 Å². The van der Waals surface area contributed by atoms with Crippen molar-refractivity contribution in [1.82, 2.24) is 24.7 Å². The first-order chi connectivity index (χ1) is 11.1. The predicted octanol–water partition coefficient (Wildman–Crippen LogP) is 2.28. The number of aryl methyl sites for hydroxylation is 1. The summed E-state index contributed by atoms with van der Waals surface area (Å²) >= 11 is 0. The molecule has 4 aromatic rings. The summed E-state index contributed by atoms with van der Waals surface area (Å²) in [7, 11) is 1.84. The molecule has 3 heterocycles. The number of hydrogen-bond acceptors (Lipinski definition) is 5. The van der Waals surface area contributed by atoms with Crippen LogP contribution in [0.3, 0.4) is 0 Å². The second-order valence-electron chi connectivity index (χ2n) is 5.20. The highest BCUT2D eigenvalue weighted by atomic mass is 16.4. The van der Waals surface area contributed by atoms with Gasteiger partial charge in [-0.2, -0.15) is 5.10 Å². The molecule has 4 rings (SSSR count). The van der Waals surface area contributed by atoms with E-state index in [1.165, 1.54) is 12.1 Å². The third kappa shape index (κ3) is 2.28. The molecule has 7 heteroatoms. The van der Waals surface area contributed by atoms with Gasteiger partial charge in [-0.3, -0.25) is 9.67 Å². The van der Waals surface area contributed by atoms with Crippen LogP contribution in [0, 0.1) is 0 Å². The summed E-state index contributed by atoms with van der Waals surface area (Å²) in [6.45, 7) is 0. The average Bonchev–Trinajstić information content (AvgIpc) is 2.92. The van der Waals surface area contributed by atoms with Crippen molar-refractivity contribution in [3.63, 3.8) is 0 Å². The lowest BCUT2D eigenvalue weighted by Crippen LogP contribution is -1.97. The number of carboxylic acid groups (broad SMARTS) is 1. The third-order valence-electron chi connectivity index (χ3n) is 3.56. The van der Waals surface area contributed by atoms with E-state index in [2.05, 4.69) is 20.1 Å². The first-order valence-corrected chi connectivity index (χ1v) is 6.90. The zero-order valence-corrected chi connectivity index (χ0v) is 12.1. The molecule has 23 heavy (non-hydrogen) atoms. The van der Waals surface area contributed by atoms with Crippen molar-refractivity contribution in [2.24, 2.45) is 7.05 Å². The molecule has 1 aromatic carbocycles. The van der Waals surface area contributed by atoms with E-state index in [4.69, 9.17) is 5.11 Å². The molecule has 0 aliphatic heterocycles. The van der Waals surface area contributed by atoms with Crippen LogP contribution in [0.5, 0.6) is 0 Å². The van der Waals surface area contributed by atoms with Gasteiger partial charge < -0.3 is 5.11 Å². The van der Waals surface area contributed by atoms with Crippen LogP contribution in [0.15, 0.2) is 42.9 Å². The Bertz CT molecular complexity index is 1070. The lowest BCUT2D eigenvalue weighted by Gasteiger charge is -2.03. The Hall–Kier alpha value is -3.35. The molecule has 0 radical (unpaired) electrons. The molecule has 0 saturated heterocycles. The number of nitrogens with zero attached hydrogens (tertiary/aromatic N) is 5. The molecule has 1 N–H and O–H groups in total. The van der Waals surface area contributed by atoms with E-state index in [1.807, 2.05) is 19.3 Å². The highest BCUT2D eigenvalue weighted by Crippen LogP contribution is 2.22. The summed E-state index contributed by atoms with van der Waals surface area (Å²) in [5, 5.41) is 14.2. The number of fused-ring (bicyclic) bond motifs is 2. The Morgan fingerprint density at radius 1 is 1.13 bits per heavy atom. The van der Waals surface area contributed by atoms with E-state index in [0.717, 1.165) is 10.9 Å². The molecule has 0 bridgehead atoms. The molecule has 0 fully saturated rings. The van der Waals surface area contributed by atoms with Crippen LogP contribution in [-0.2, 0) is 7.05 Å². The topological polar surface area (TPSA) is 93.8 Å². The van der Waals surface area contributed by atoms with E-state index < -0.39 is 5.97 Å². The number of carboxylic acids is 1. The van der Waals surface area contributed by atoms with E-state index in [9.17, 15) is 4.79 Å². The van der Waals surface area contributed by atoms with E-state index in [0.29, 0.717) is 22.4 Å². The van der Waals surface area contributed by atoms with Crippen LogP contribution in [0.2, 0.25) is 0 Å². The van der Waals surface area contributed by atoms with Gasteiger partial charge in [-0.15, -0.1) is 0 Å². The smallest absolute Gasteiger partial charge is 0.335 e. The van der Waals surface area contributed by atoms with Gasteiger partial charge in [0.25, 0.3) is 0 Å². The Balaban J connectivity index is 1.87. The number of benzene rings is 1. The van der Waals surface area contributed by atoms with Crippen LogP contribution < -0.4 is 0 Å². The summed E-state index contributed by atoms with van der Waals surface area (Å²) in [5.41, 5.74) is 3.48. The van der Waals surface area contributed by atoms with Crippen molar-refractivity contribution in [2.45, 2.75) is 0 Å². The molecule has 7 nitrogen and oxygen atoms in total. The summed E-state index contributed by atoms with van der Waals surface area (Å²) in [6, 6.07) is 6.62. The van der Waals surface area contributed by atoms with Crippen LogP contribution in [0.25, 0.3) is 33.3 Å². The first kappa shape index (κ1) is 13.3. The fraction of sp³-hybridized carbons (Fsp3) is 0.0625. The maximum atomic E-state index is 11.1. The van der Waals surface area contributed by atoms with Gasteiger partial charge in [-0.05, 0) is 24.3 Å². The summed E-state index contributed by atoms with van der Waals surface area (Å²) in [4.78, 5) is 24.2. The lowest BCUT2D eigenvalue weighted by molar-refractivity contribution is 0.0697. The largest absolute Gasteiger partial charge is 0.478 e. The minimum atomic E-state index is -0.988. The first-order valence-electron chi connectivity index (χ1n) is 6.90.